The zero-order chi connectivity index (χ0) is 19.2. The Kier molecular flexibility index (Phi) is 5.87. The van der Waals surface area contributed by atoms with Crippen molar-refractivity contribution < 1.29 is 4.74 Å². The van der Waals surface area contributed by atoms with Gasteiger partial charge in [0.15, 0.2) is 5.82 Å². The molecule has 0 spiro atoms. The first kappa shape index (κ1) is 18.5. The van der Waals surface area contributed by atoms with Crippen LogP contribution in [0.2, 0.25) is 5.02 Å². The first-order valence-electron chi connectivity index (χ1n) is 9.45. The van der Waals surface area contributed by atoms with Crippen LogP contribution in [-0.4, -0.2) is 28.3 Å². The SMILES string of the molecule is Clc1ccc(COc2ccc(Nc3nncc(N4CCCCC4)n3)cc2)cc1. The van der Waals surface area contributed by atoms with Crippen LogP contribution in [0.4, 0.5) is 17.5 Å². The number of nitrogens with one attached hydrogen (secondary N) is 1. The number of ether oxygens (including phenoxy) is 1. The van der Waals surface area contributed by atoms with Crippen LogP contribution >= 0.6 is 11.6 Å². The molecule has 0 unspecified atom stereocenters. The second kappa shape index (κ2) is 8.89. The van der Waals surface area contributed by atoms with Crippen LogP contribution in [0.15, 0.2) is 54.7 Å². The van der Waals surface area contributed by atoms with Crippen LogP contribution in [0.3, 0.4) is 0 Å². The Morgan fingerprint density at radius 1 is 0.964 bits per heavy atom. The van der Waals surface area contributed by atoms with Crippen LogP contribution in [0, 0.1) is 0 Å². The summed E-state index contributed by atoms with van der Waals surface area (Å²) in [5, 5.41) is 12.1. The molecule has 0 aliphatic carbocycles. The van der Waals surface area contributed by atoms with E-state index < -0.39 is 0 Å². The van der Waals surface area contributed by atoms with E-state index in [1.807, 2.05) is 48.5 Å². The maximum Gasteiger partial charge on any atom is 0.249 e. The molecule has 2 aromatic carbocycles. The summed E-state index contributed by atoms with van der Waals surface area (Å²) >= 11 is 5.90. The van der Waals surface area contributed by atoms with Gasteiger partial charge in [-0.1, -0.05) is 23.7 Å². The van der Waals surface area contributed by atoms with Gasteiger partial charge in [0.1, 0.15) is 12.4 Å². The highest BCUT2D eigenvalue weighted by Crippen LogP contribution is 2.21. The monoisotopic (exact) mass is 395 g/mol. The van der Waals surface area contributed by atoms with E-state index in [-0.39, 0.29) is 0 Å². The van der Waals surface area contributed by atoms with Crippen molar-refractivity contribution in [1.82, 2.24) is 15.2 Å². The minimum atomic E-state index is 0.495. The standard InChI is InChI=1S/C21H22ClN5O/c22-17-6-4-16(5-7-17)15-28-19-10-8-18(9-11-19)24-21-25-20(14-23-26-21)27-12-2-1-3-13-27/h4-11,14H,1-3,12-13,15H2,(H,24,25,26). The summed E-state index contributed by atoms with van der Waals surface area (Å²) in [5.41, 5.74) is 1.96. The predicted molar refractivity (Wildman–Crippen MR) is 111 cm³/mol. The van der Waals surface area contributed by atoms with E-state index >= 15 is 0 Å². The van der Waals surface area contributed by atoms with Gasteiger partial charge in [-0.25, -0.2) is 0 Å². The molecule has 1 aliphatic rings. The lowest BCUT2D eigenvalue weighted by atomic mass is 10.1. The molecule has 7 heteroatoms. The van der Waals surface area contributed by atoms with Gasteiger partial charge in [-0.3, -0.25) is 0 Å². The van der Waals surface area contributed by atoms with E-state index in [1.54, 1.807) is 6.20 Å². The Bertz CT molecular complexity index is 895. The first-order valence-corrected chi connectivity index (χ1v) is 9.83. The zero-order valence-corrected chi connectivity index (χ0v) is 16.3. The van der Waals surface area contributed by atoms with Crippen molar-refractivity contribution in [3.8, 4) is 5.75 Å². The minimum absolute atomic E-state index is 0.495. The van der Waals surface area contributed by atoms with Gasteiger partial charge in [-0.15, -0.1) is 5.10 Å². The number of aromatic nitrogens is 3. The zero-order valence-electron chi connectivity index (χ0n) is 15.5. The van der Waals surface area contributed by atoms with E-state index in [1.165, 1.54) is 19.3 Å². The molecular formula is C21H22ClN5O. The third-order valence-corrected chi connectivity index (χ3v) is 4.91. The lowest BCUT2D eigenvalue weighted by Gasteiger charge is -2.27. The van der Waals surface area contributed by atoms with Crippen LogP contribution in [0.1, 0.15) is 24.8 Å². The van der Waals surface area contributed by atoms with E-state index in [2.05, 4.69) is 25.4 Å². The number of hydrogen-bond acceptors (Lipinski definition) is 6. The van der Waals surface area contributed by atoms with Crippen molar-refractivity contribution in [2.24, 2.45) is 0 Å². The van der Waals surface area contributed by atoms with Crippen molar-refractivity contribution in [2.75, 3.05) is 23.3 Å². The van der Waals surface area contributed by atoms with Crippen LogP contribution < -0.4 is 15.0 Å². The molecule has 1 aliphatic heterocycles. The molecule has 4 rings (SSSR count). The van der Waals surface area contributed by atoms with Gasteiger partial charge in [-0.05, 0) is 61.2 Å². The molecule has 0 amide bonds. The lowest BCUT2D eigenvalue weighted by molar-refractivity contribution is 0.306. The second-order valence-corrected chi connectivity index (χ2v) is 7.19. The van der Waals surface area contributed by atoms with Gasteiger partial charge in [0.05, 0.1) is 6.20 Å². The largest absolute Gasteiger partial charge is 0.489 e. The number of anilines is 3. The Morgan fingerprint density at radius 3 is 2.46 bits per heavy atom. The first-order chi connectivity index (χ1) is 13.8. The summed E-state index contributed by atoms with van der Waals surface area (Å²) in [6.45, 7) is 2.55. The summed E-state index contributed by atoms with van der Waals surface area (Å²) in [7, 11) is 0. The molecule has 0 atom stereocenters. The maximum absolute atomic E-state index is 5.90. The quantitative estimate of drug-likeness (QED) is 0.644. The highest BCUT2D eigenvalue weighted by molar-refractivity contribution is 6.30. The highest BCUT2D eigenvalue weighted by Gasteiger charge is 2.13. The summed E-state index contributed by atoms with van der Waals surface area (Å²) in [6.07, 6.45) is 5.41. The van der Waals surface area contributed by atoms with E-state index in [9.17, 15) is 0 Å². The van der Waals surface area contributed by atoms with E-state index in [0.29, 0.717) is 12.6 Å². The van der Waals surface area contributed by atoms with Gasteiger partial charge in [-0.2, -0.15) is 10.1 Å². The van der Waals surface area contributed by atoms with Crippen molar-refractivity contribution in [1.29, 1.82) is 0 Å². The maximum atomic E-state index is 5.90. The number of rotatable bonds is 6. The van der Waals surface area contributed by atoms with Gasteiger partial charge >= 0.3 is 0 Å². The topological polar surface area (TPSA) is 63.2 Å². The summed E-state index contributed by atoms with van der Waals surface area (Å²) in [4.78, 5) is 6.86. The number of hydrogen-bond donors (Lipinski definition) is 1. The molecule has 6 nitrogen and oxygen atoms in total. The number of nitrogens with zero attached hydrogens (tertiary/aromatic N) is 4. The molecule has 0 bridgehead atoms. The van der Waals surface area contributed by atoms with Crippen LogP contribution in [-0.2, 0) is 6.61 Å². The van der Waals surface area contributed by atoms with Gasteiger partial charge < -0.3 is 15.0 Å². The lowest BCUT2D eigenvalue weighted by Crippen LogP contribution is -2.30. The van der Waals surface area contributed by atoms with Crippen molar-refractivity contribution in [3.63, 3.8) is 0 Å². The Hall–Kier alpha value is -2.86. The fraction of sp³-hybridized carbons (Fsp3) is 0.286. The van der Waals surface area contributed by atoms with Gasteiger partial charge in [0.2, 0.25) is 5.95 Å². The molecule has 1 saturated heterocycles. The predicted octanol–water partition coefficient (Wildman–Crippen LogP) is 4.84. The molecule has 1 N–H and O–H groups in total. The molecule has 0 radical (unpaired) electrons. The van der Waals surface area contributed by atoms with Crippen molar-refractivity contribution in [3.05, 3.63) is 65.3 Å². The molecule has 2 heterocycles. The molecule has 144 valence electrons. The molecule has 3 aromatic rings. The van der Waals surface area contributed by atoms with Crippen LogP contribution in [0.25, 0.3) is 0 Å². The molecule has 28 heavy (non-hydrogen) atoms. The fourth-order valence-corrected chi connectivity index (χ4v) is 3.26. The molecule has 1 fully saturated rings. The number of halogens is 1. The molecule has 0 saturated carbocycles. The average molecular weight is 396 g/mol. The van der Waals surface area contributed by atoms with Crippen molar-refractivity contribution >= 4 is 29.1 Å². The Balaban J connectivity index is 1.35. The number of benzene rings is 2. The summed E-state index contributed by atoms with van der Waals surface area (Å²) < 4.78 is 5.81. The van der Waals surface area contributed by atoms with Crippen molar-refractivity contribution in [2.45, 2.75) is 25.9 Å². The number of piperidine rings is 1. The third-order valence-electron chi connectivity index (χ3n) is 4.66. The van der Waals surface area contributed by atoms with E-state index in [0.717, 1.165) is 40.9 Å². The Morgan fingerprint density at radius 2 is 1.71 bits per heavy atom. The average Bonchev–Trinajstić information content (AvgIpc) is 2.75. The van der Waals surface area contributed by atoms with Crippen LogP contribution in [0.5, 0.6) is 5.75 Å². The van der Waals surface area contributed by atoms with Gasteiger partial charge in [0, 0.05) is 23.8 Å². The smallest absolute Gasteiger partial charge is 0.249 e. The fourth-order valence-electron chi connectivity index (χ4n) is 3.13. The molecule has 1 aromatic heterocycles. The Labute approximate surface area is 169 Å². The normalized spacial score (nSPS) is 14.0. The van der Waals surface area contributed by atoms with E-state index in [4.69, 9.17) is 16.3 Å². The van der Waals surface area contributed by atoms with Gasteiger partial charge in [0.25, 0.3) is 0 Å². The summed E-state index contributed by atoms with van der Waals surface area (Å²) in [5.74, 6) is 2.17. The minimum Gasteiger partial charge on any atom is -0.489 e. The highest BCUT2D eigenvalue weighted by atomic mass is 35.5. The summed E-state index contributed by atoms with van der Waals surface area (Å²) in [6, 6.07) is 15.3. The molecular weight excluding hydrogens is 374 g/mol. The second-order valence-electron chi connectivity index (χ2n) is 6.75. The third kappa shape index (κ3) is 4.89.